The maximum Gasteiger partial charge on any atom is 0.220 e. The molecule has 0 spiro atoms. The number of carboxylic acids is 1. The number of pyridine rings is 3. The summed E-state index contributed by atoms with van der Waals surface area (Å²) >= 11 is 0. The van der Waals surface area contributed by atoms with Crippen molar-refractivity contribution in [3.05, 3.63) is 90.3 Å². The fourth-order valence-electron chi connectivity index (χ4n) is 8.75. The number of nitrogens with zero attached hydrogens (tertiary/aromatic N) is 6. The number of nitrogens with one attached hydrogen (secondary N) is 3. The molecule has 3 N–H and O–H groups in total. The van der Waals surface area contributed by atoms with Gasteiger partial charge in [-0.15, -0.1) is 0 Å². The average molecular weight is 1180 g/mol. The number of ketones is 2. The number of aromatic nitrogens is 3. The van der Waals surface area contributed by atoms with Crippen LogP contribution in [0.25, 0.3) is 0 Å². The second-order valence-corrected chi connectivity index (χ2v) is 17.0. The predicted molar refractivity (Wildman–Crippen MR) is 266 cm³/mol. The Balaban J connectivity index is 0.000000960. The second-order valence-electron chi connectivity index (χ2n) is 17.0. The summed E-state index contributed by atoms with van der Waals surface area (Å²) in [5, 5.41) is 19.1. The van der Waals surface area contributed by atoms with Crippen LogP contribution in [-0.4, -0.2) is 135 Å². The molecule has 6 atom stereocenters. The van der Waals surface area contributed by atoms with Gasteiger partial charge < -0.3 is 35.4 Å². The fraction of sp³-hybridized carbons (Fsp3) is 0.588. The first-order chi connectivity index (χ1) is 33.2. The van der Waals surface area contributed by atoms with Gasteiger partial charge in [0, 0.05) is 153 Å². The van der Waals surface area contributed by atoms with Crippen LogP contribution in [-0.2, 0) is 28.8 Å². The smallest absolute Gasteiger partial charge is 0.220 e. The van der Waals surface area contributed by atoms with Crippen LogP contribution in [0.1, 0.15) is 134 Å². The third kappa shape index (κ3) is 23.9. The van der Waals surface area contributed by atoms with E-state index in [2.05, 4.69) is 87.3 Å². The van der Waals surface area contributed by atoms with Crippen LogP contribution in [0, 0.1) is 48.9 Å². The molecule has 0 saturated carbocycles. The Bertz CT molecular complexity index is 1710. The van der Waals surface area contributed by atoms with Gasteiger partial charge in [0.15, 0.2) is 0 Å². The molecule has 3 aliphatic heterocycles. The van der Waals surface area contributed by atoms with E-state index >= 15 is 0 Å². The van der Waals surface area contributed by atoms with Crippen LogP contribution in [0.5, 0.6) is 0 Å². The molecule has 3 aliphatic rings. The number of carbonyl (C=O) groups is 6. The number of rotatable bonds is 18. The van der Waals surface area contributed by atoms with Crippen LogP contribution in [0.3, 0.4) is 0 Å². The minimum absolute atomic E-state index is 0. The number of amides is 3. The zero-order valence-corrected chi connectivity index (χ0v) is 46.8. The van der Waals surface area contributed by atoms with Crippen molar-refractivity contribution < 1.29 is 65.0 Å². The van der Waals surface area contributed by atoms with Crippen LogP contribution >= 0.6 is 0 Å². The van der Waals surface area contributed by atoms with Crippen LogP contribution in [0.15, 0.2) is 73.6 Å². The molecule has 3 fully saturated rings. The zero-order chi connectivity index (χ0) is 51.7. The van der Waals surface area contributed by atoms with Gasteiger partial charge in [0.1, 0.15) is 11.6 Å². The minimum Gasteiger partial charge on any atom is -0.550 e. The SMILES string of the molecule is CC.CC.CC(=O)CCC(=O)NC[C@@H]1CCN(C)C1c1cccnc1.CC(=O)CCC(=O)NC[C@@H]1CCN(C)C1c1cccnc1.CN1CC[C@@H](CNC(=O)CCC(=O)[O-])C1c1cccnc1.[3H][B].[U]. The standard InChI is InChI=1S/2C16H23N3O2.C15H21N3O3.2C2H6.BH.U/c2*1-12(20)5-6-15(21)18-11-14-7-9-19(2)16(14)13-4-3-8-17-10-13;1-18-8-6-12(10-17-13(19)4-5-14(20)21)15(18)11-3-2-7-16-9-11;2*1-2;;/h2*3-4,8,10,14,16H,5-7,9,11H2,1-2H3,(H,18,21);2-3,7,9,12,15H,4-6,8,10H2,1H3,(H,17,19)(H,20,21);2*1-2H3;1H;/p-1/t2*14-,16?;12-,15?;;;;/m000..../s1/i;;;;;1T;. The molecule has 16 nitrogen and oxygen atoms in total. The number of carbonyl (C=O) groups excluding carboxylic acids is 6. The van der Waals surface area contributed by atoms with Gasteiger partial charge in [0.05, 0.1) is 0 Å². The Morgan fingerprint density at radius 1 is 0.551 bits per heavy atom. The monoisotopic (exact) mass is 1180 g/mol. The molecule has 6 heterocycles. The molecule has 69 heavy (non-hydrogen) atoms. The van der Waals surface area contributed by atoms with Gasteiger partial charge in [-0.05, 0) is 134 Å². The molecule has 0 aromatic carbocycles. The Morgan fingerprint density at radius 2 is 0.826 bits per heavy atom. The number of aliphatic carboxylic acids is 1. The number of hydrogen-bond donors (Lipinski definition) is 3. The molecule has 2 radical (unpaired) electrons. The summed E-state index contributed by atoms with van der Waals surface area (Å²) in [6.45, 7) is 15.9. The van der Waals surface area contributed by atoms with Crippen LogP contribution < -0.4 is 21.1 Å². The first kappa shape index (κ1) is 62.7. The van der Waals surface area contributed by atoms with E-state index in [0.29, 0.717) is 62.3 Å². The predicted octanol–water partition coefficient (Wildman–Crippen LogP) is 4.24. The van der Waals surface area contributed by atoms with Crippen LogP contribution in [0.2, 0.25) is 0 Å². The Morgan fingerprint density at radius 3 is 1.06 bits per heavy atom. The molecule has 3 unspecified atom stereocenters. The minimum atomic E-state index is -1.20. The molecular formula is C51H79BN9O7U-. The molecule has 378 valence electrons. The van der Waals surface area contributed by atoms with Crippen molar-refractivity contribution in [2.45, 2.75) is 117 Å². The number of likely N-dealkylation sites (tertiary alicyclic amines) is 3. The Labute approximate surface area is 439 Å². The summed E-state index contributed by atoms with van der Waals surface area (Å²) in [5.41, 5.74) is 3.53. The van der Waals surface area contributed by atoms with E-state index < -0.39 is 5.97 Å². The summed E-state index contributed by atoms with van der Waals surface area (Å²) in [5.74, 6) is -0.308. The van der Waals surface area contributed by atoms with E-state index in [9.17, 15) is 33.9 Å². The third-order valence-electron chi connectivity index (χ3n) is 12.0. The van der Waals surface area contributed by atoms with Crippen molar-refractivity contribution in [2.75, 3.05) is 60.4 Å². The average Bonchev–Trinajstić information content (AvgIpc) is 4.07. The molecule has 0 aliphatic carbocycles. The van der Waals surface area contributed by atoms with Crippen molar-refractivity contribution in [3.8, 4) is 0 Å². The topological polar surface area (TPSA) is 210 Å². The Hall–Kier alpha value is -4.33. The van der Waals surface area contributed by atoms with Crippen molar-refractivity contribution in [1.29, 1.82) is 1.34 Å². The Kier molecular flexibility index (Phi) is 33.2. The fourth-order valence-corrected chi connectivity index (χ4v) is 8.75. The first-order valence-corrected chi connectivity index (χ1v) is 24.0. The van der Waals surface area contributed by atoms with Crippen molar-refractivity contribution in [3.63, 3.8) is 0 Å². The second kappa shape index (κ2) is 36.6. The van der Waals surface area contributed by atoms with Crippen LogP contribution in [0.4, 0.5) is 0 Å². The number of hydrogen-bond acceptors (Lipinski definition) is 13. The largest absolute Gasteiger partial charge is 0.550 e. The molecule has 3 aromatic rings. The molecule has 3 amide bonds. The summed E-state index contributed by atoms with van der Waals surface area (Å²) in [6.07, 6.45) is 15.0. The number of carboxylic acid groups (broad SMARTS) is 1. The zero-order valence-electron chi connectivity index (χ0n) is 43.6. The van der Waals surface area contributed by atoms with Gasteiger partial charge in [-0.3, -0.25) is 44.0 Å². The maximum absolute atomic E-state index is 11.7. The maximum atomic E-state index is 11.7. The molecule has 3 aromatic heterocycles. The van der Waals surface area contributed by atoms with E-state index in [1.807, 2.05) is 70.6 Å². The quantitative estimate of drug-likeness (QED) is 0.153. The van der Waals surface area contributed by atoms with E-state index in [1.165, 1.54) is 25.0 Å². The van der Waals surface area contributed by atoms with Gasteiger partial charge in [-0.1, -0.05) is 45.9 Å². The van der Waals surface area contributed by atoms with Crippen molar-refractivity contribution >= 4 is 43.6 Å². The summed E-state index contributed by atoms with van der Waals surface area (Å²) in [6, 6.07) is 12.9. The van der Waals surface area contributed by atoms with Gasteiger partial charge in [-0.25, -0.2) is 0 Å². The molecule has 0 bridgehead atoms. The normalized spacial score (nSPS) is 20.5. The molecule has 3 saturated heterocycles. The molecule has 18 heteroatoms. The summed E-state index contributed by atoms with van der Waals surface area (Å²) < 4.78 is 5.25. The van der Waals surface area contributed by atoms with Gasteiger partial charge in [-0.2, -0.15) is 0 Å². The third-order valence-corrected chi connectivity index (χ3v) is 12.0. The van der Waals surface area contributed by atoms with E-state index in [-0.39, 0.29) is 92.1 Å². The van der Waals surface area contributed by atoms with Gasteiger partial charge in [0.25, 0.3) is 0 Å². The summed E-state index contributed by atoms with van der Waals surface area (Å²) in [4.78, 5) is 86.6. The van der Waals surface area contributed by atoms with E-state index in [4.69, 9.17) is 1.34 Å². The van der Waals surface area contributed by atoms with E-state index in [1.54, 1.807) is 18.6 Å². The van der Waals surface area contributed by atoms with Crippen molar-refractivity contribution in [1.82, 2.24) is 45.6 Å². The first-order valence-electron chi connectivity index (χ1n) is 24.6. The summed E-state index contributed by atoms with van der Waals surface area (Å²) in [7, 11) is 10.0. The molecule has 6 rings (SSSR count). The van der Waals surface area contributed by atoms with Crippen molar-refractivity contribution in [2.24, 2.45) is 17.8 Å². The molecular weight excluding hydrogens is 1100 g/mol. The van der Waals surface area contributed by atoms with E-state index in [0.717, 1.165) is 44.5 Å². The van der Waals surface area contributed by atoms with Gasteiger partial charge >= 0.3 is 0 Å². The number of Topliss-reactive ketones (excluding diaryl/α,β-unsaturated/α-hetero) is 2. The van der Waals surface area contributed by atoms with Gasteiger partial charge in [0.2, 0.25) is 17.7 Å².